The average molecular weight is 445 g/mol. The molecule has 0 radical (unpaired) electrons. The summed E-state index contributed by atoms with van der Waals surface area (Å²) in [5.74, 6) is -0.0669. The number of nitrogens with one attached hydrogen (secondary N) is 2. The average Bonchev–Trinajstić information content (AvgIpc) is 2.58. The predicted octanol–water partition coefficient (Wildman–Crippen LogP) is 4.32. The molecular formula is C25H40N4O3. The molecule has 7 heteroatoms. The number of hydrogen-bond acceptors (Lipinski definition) is 5. The molecule has 1 aromatic carbocycles. The third-order valence-electron chi connectivity index (χ3n) is 4.40. The van der Waals surface area contributed by atoms with E-state index < -0.39 is 29.2 Å². The number of benzene rings is 1. The first-order valence-corrected chi connectivity index (χ1v) is 10.9. The fourth-order valence-electron chi connectivity index (χ4n) is 2.79. The van der Waals surface area contributed by atoms with E-state index in [-0.39, 0.29) is 5.41 Å². The second-order valence-electron chi connectivity index (χ2n) is 10.7. The van der Waals surface area contributed by atoms with Gasteiger partial charge in [0.25, 0.3) is 0 Å². The highest BCUT2D eigenvalue weighted by Crippen LogP contribution is 2.27. The molecule has 0 aromatic heterocycles. The smallest absolute Gasteiger partial charge is 0.408 e. The van der Waals surface area contributed by atoms with Gasteiger partial charge in [0.1, 0.15) is 17.5 Å². The zero-order valence-electron chi connectivity index (χ0n) is 21.0. The van der Waals surface area contributed by atoms with Gasteiger partial charge in [0.2, 0.25) is 5.91 Å². The number of amidine groups is 1. The van der Waals surface area contributed by atoms with Crippen LogP contribution in [-0.2, 0) is 16.0 Å². The second-order valence-corrected chi connectivity index (χ2v) is 10.7. The molecule has 0 aliphatic carbocycles. The Morgan fingerprint density at radius 3 is 2.12 bits per heavy atom. The van der Waals surface area contributed by atoms with Gasteiger partial charge in [0.15, 0.2) is 0 Å². The number of carbonyl (C=O) groups excluding carboxylic acids is 2. The molecule has 0 heterocycles. The standard InChI is InChI=1S/C25H40N4O3/c1-17(27-22(31)32-24(5,6)7)21(30)28-20(29-23(2,3)4)15-19(26)25(8,9)16-18-13-11-10-12-14-18/h10-15,17H,16,26H2,1-9H3,(H,27,31)(H,28,29,30)/t17-/m0/s1. The second kappa shape index (κ2) is 10.7. The van der Waals surface area contributed by atoms with Crippen LogP contribution >= 0.6 is 0 Å². The molecule has 0 saturated heterocycles. The molecule has 0 saturated carbocycles. The van der Waals surface area contributed by atoms with E-state index in [1.165, 1.54) is 5.56 Å². The van der Waals surface area contributed by atoms with Gasteiger partial charge in [-0.15, -0.1) is 0 Å². The third kappa shape index (κ3) is 10.5. The number of rotatable bonds is 6. The maximum absolute atomic E-state index is 12.7. The van der Waals surface area contributed by atoms with Crippen molar-refractivity contribution in [1.82, 2.24) is 10.6 Å². The molecule has 1 aromatic rings. The highest BCUT2D eigenvalue weighted by Gasteiger charge is 2.25. The van der Waals surface area contributed by atoms with Crippen LogP contribution in [0.1, 0.15) is 67.9 Å². The minimum Gasteiger partial charge on any atom is -0.444 e. The Labute approximate surface area is 192 Å². The highest BCUT2D eigenvalue weighted by molar-refractivity contribution is 6.06. The van der Waals surface area contributed by atoms with E-state index in [4.69, 9.17) is 10.5 Å². The lowest BCUT2D eigenvalue weighted by molar-refractivity contribution is -0.121. The van der Waals surface area contributed by atoms with E-state index in [0.29, 0.717) is 11.5 Å². The molecule has 1 atom stereocenters. The summed E-state index contributed by atoms with van der Waals surface area (Å²) >= 11 is 0. The van der Waals surface area contributed by atoms with Gasteiger partial charge in [0.05, 0.1) is 5.54 Å². The summed E-state index contributed by atoms with van der Waals surface area (Å²) in [6, 6.07) is 9.28. The lowest BCUT2D eigenvalue weighted by Gasteiger charge is -2.26. The Morgan fingerprint density at radius 1 is 1.06 bits per heavy atom. The molecule has 0 aliphatic heterocycles. The normalized spacial score (nSPS) is 14.5. The summed E-state index contributed by atoms with van der Waals surface area (Å²) in [5, 5.41) is 5.33. The van der Waals surface area contributed by atoms with Crippen LogP contribution in [0.2, 0.25) is 0 Å². The van der Waals surface area contributed by atoms with Crippen molar-refractivity contribution in [1.29, 1.82) is 0 Å². The van der Waals surface area contributed by atoms with Crippen LogP contribution in [0.5, 0.6) is 0 Å². The van der Waals surface area contributed by atoms with Crippen molar-refractivity contribution in [3.05, 3.63) is 47.7 Å². The molecule has 0 bridgehead atoms. The van der Waals surface area contributed by atoms with E-state index >= 15 is 0 Å². The van der Waals surface area contributed by atoms with Crippen molar-refractivity contribution in [3.8, 4) is 0 Å². The maximum Gasteiger partial charge on any atom is 0.408 e. The summed E-state index contributed by atoms with van der Waals surface area (Å²) < 4.78 is 5.22. The quantitative estimate of drug-likeness (QED) is 0.449. The van der Waals surface area contributed by atoms with Crippen LogP contribution in [0.15, 0.2) is 47.1 Å². The van der Waals surface area contributed by atoms with Crippen LogP contribution in [-0.4, -0.2) is 35.0 Å². The Balaban J connectivity index is 3.02. The first kappa shape index (κ1) is 27.2. The van der Waals surface area contributed by atoms with E-state index in [0.717, 1.165) is 6.42 Å². The zero-order chi connectivity index (χ0) is 24.7. The summed E-state index contributed by atoms with van der Waals surface area (Å²) in [4.78, 5) is 29.3. The third-order valence-corrected chi connectivity index (χ3v) is 4.40. The summed E-state index contributed by atoms with van der Waals surface area (Å²) in [5.41, 5.74) is 6.78. The Morgan fingerprint density at radius 2 is 1.62 bits per heavy atom. The van der Waals surface area contributed by atoms with Crippen LogP contribution in [0.3, 0.4) is 0 Å². The van der Waals surface area contributed by atoms with Crippen molar-refractivity contribution in [2.75, 3.05) is 0 Å². The van der Waals surface area contributed by atoms with Crippen LogP contribution < -0.4 is 16.4 Å². The van der Waals surface area contributed by atoms with Crippen molar-refractivity contribution in [3.63, 3.8) is 0 Å². The largest absolute Gasteiger partial charge is 0.444 e. The topological polar surface area (TPSA) is 106 Å². The van der Waals surface area contributed by atoms with Gasteiger partial charge in [-0.1, -0.05) is 44.2 Å². The lowest BCUT2D eigenvalue weighted by Crippen LogP contribution is -2.48. The molecule has 1 rings (SSSR count). The number of ether oxygens (including phenoxy) is 1. The zero-order valence-corrected chi connectivity index (χ0v) is 21.0. The minimum absolute atomic E-state index is 0.346. The lowest BCUT2D eigenvalue weighted by atomic mass is 9.82. The number of amides is 2. The molecule has 0 aliphatic rings. The molecule has 0 spiro atoms. The van der Waals surface area contributed by atoms with Crippen molar-refractivity contribution >= 4 is 17.8 Å². The fraction of sp³-hybridized carbons (Fsp3) is 0.560. The predicted molar refractivity (Wildman–Crippen MR) is 130 cm³/mol. The molecule has 4 N–H and O–H groups in total. The molecule has 2 amide bonds. The van der Waals surface area contributed by atoms with E-state index in [9.17, 15) is 9.59 Å². The van der Waals surface area contributed by atoms with Crippen LogP contribution in [0.4, 0.5) is 4.79 Å². The van der Waals surface area contributed by atoms with E-state index in [1.54, 1.807) is 33.8 Å². The number of nitrogens with zero attached hydrogens (tertiary/aromatic N) is 1. The highest BCUT2D eigenvalue weighted by atomic mass is 16.6. The maximum atomic E-state index is 12.7. The molecular weight excluding hydrogens is 404 g/mol. The number of aliphatic imine (C=N–C) groups is 1. The van der Waals surface area contributed by atoms with Crippen molar-refractivity contribution in [2.24, 2.45) is 16.1 Å². The van der Waals surface area contributed by atoms with Gasteiger partial charge in [-0.3, -0.25) is 9.79 Å². The van der Waals surface area contributed by atoms with Crippen molar-refractivity contribution in [2.45, 2.75) is 85.9 Å². The molecule has 7 nitrogen and oxygen atoms in total. The van der Waals surface area contributed by atoms with Gasteiger partial charge in [-0.05, 0) is 66.5 Å². The number of allylic oxidation sites excluding steroid dienone is 1. The molecule has 32 heavy (non-hydrogen) atoms. The Bertz CT molecular complexity index is 844. The summed E-state index contributed by atoms with van der Waals surface area (Å²) in [7, 11) is 0. The fourth-order valence-corrected chi connectivity index (χ4v) is 2.79. The molecule has 178 valence electrons. The van der Waals surface area contributed by atoms with Gasteiger partial charge < -0.3 is 21.1 Å². The van der Waals surface area contributed by atoms with Gasteiger partial charge in [0, 0.05) is 11.1 Å². The Kier molecular flexibility index (Phi) is 9.06. The SMILES string of the molecule is C[C@H](NC(=O)OC(C)(C)C)C(=O)NC(C=C(N)C(C)(C)Cc1ccccc1)=NC(C)(C)C. The van der Waals surface area contributed by atoms with Gasteiger partial charge >= 0.3 is 6.09 Å². The van der Waals surface area contributed by atoms with Gasteiger partial charge in [-0.2, -0.15) is 0 Å². The monoisotopic (exact) mass is 444 g/mol. The number of nitrogens with two attached hydrogens (primary N) is 1. The summed E-state index contributed by atoms with van der Waals surface area (Å²) in [6.45, 7) is 16.8. The van der Waals surface area contributed by atoms with Crippen LogP contribution in [0, 0.1) is 5.41 Å². The van der Waals surface area contributed by atoms with E-state index in [1.807, 2.05) is 39.0 Å². The number of hydrogen-bond donors (Lipinski definition) is 3. The Hall–Kier alpha value is -2.83. The first-order valence-electron chi connectivity index (χ1n) is 10.9. The number of alkyl carbamates (subject to hydrolysis) is 1. The van der Waals surface area contributed by atoms with Gasteiger partial charge in [-0.25, -0.2) is 4.79 Å². The number of carbonyl (C=O) groups is 2. The minimum atomic E-state index is -0.818. The van der Waals surface area contributed by atoms with E-state index in [2.05, 4.69) is 41.6 Å². The first-order chi connectivity index (χ1) is 14.5. The molecule has 0 unspecified atom stereocenters. The molecule has 0 fully saturated rings. The van der Waals surface area contributed by atoms with Crippen molar-refractivity contribution < 1.29 is 14.3 Å². The summed E-state index contributed by atoms with van der Waals surface area (Å²) in [6.07, 6.45) is 1.78. The van der Waals surface area contributed by atoms with Crippen LogP contribution in [0.25, 0.3) is 0 Å².